The number of aliphatic hydroxyl groups excluding tert-OH is 1. The Balaban J connectivity index is 2.13. The maximum absolute atomic E-state index is 13.7. The average molecular weight is 282 g/mol. The summed E-state index contributed by atoms with van der Waals surface area (Å²) in [5, 5.41) is 9.32. The number of rotatable bonds is 4. The maximum atomic E-state index is 13.7. The van der Waals surface area contributed by atoms with Gasteiger partial charge in [-0.1, -0.05) is 6.07 Å². The van der Waals surface area contributed by atoms with E-state index in [4.69, 9.17) is 4.74 Å². The molecule has 2 nitrogen and oxygen atoms in total. The zero-order chi connectivity index (χ0) is 14.7. The lowest BCUT2D eigenvalue weighted by Gasteiger charge is -2.10. The van der Waals surface area contributed by atoms with Gasteiger partial charge >= 0.3 is 0 Å². The second kappa shape index (κ2) is 5.96. The summed E-state index contributed by atoms with van der Waals surface area (Å²) < 4.78 is 45.2. The normalized spacial score (nSPS) is 12.2. The van der Waals surface area contributed by atoms with Crippen molar-refractivity contribution in [1.29, 1.82) is 0 Å². The fraction of sp³-hybridized carbons (Fsp3) is 0.200. The fourth-order valence-electron chi connectivity index (χ4n) is 1.70. The molecule has 20 heavy (non-hydrogen) atoms. The number of hydrogen-bond acceptors (Lipinski definition) is 2. The maximum Gasteiger partial charge on any atom is 0.165 e. The van der Waals surface area contributed by atoms with Crippen LogP contribution in [0.4, 0.5) is 13.2 Å². The topological polar surface area (TPSA) is 29.5 Å². The van der Waals surface area contributed by atoms with Gasteiger partial charge in [0.2, 0.25) is 0 Å². The van der Waals surface area contributed by atoms with Crippen LogP contribution >= 0.6 is 0 Å². The van der Waals surface area contributed by atoms with Crippen LogP contribution in [0.25, 0.3) is 0 Å². The smallest absolute Gasteiger partial charge is 0.165 e. The van der Waals surface area contributed by atoms with Crippen molar-refractivity contribution < 1.29 is 23.0 Å². The molecule has 0 aliphatic heterocycles. The third kappa shape index (κ3) is 3.30. The van der Waals surface area contributed by atoms with Crippen molar-refractivity contribution in [1.82, 2.24) is 0 Å². The highest BCUT2D eigenvalue weighted by molar-refractivity contribution is 5.30. The Labute approximate surface area is 114 Å². The number of aliphatic hydroxyl groups is 1. The third-order valence-electron chi connectivity index (χ3n) is 2.83. The van der Waals surface area contributed by atoms with Crippen LogP contribution in [0.3, 0.4) is 0 Å². The lowest BCUT2D eigenvalue weighted by Crippen LogP contribution is -2.01. The lowest BCUT2D eigenvalue weighted by molar-refractivity contribution is 0.198. The van der Waals surface area contributed by atoms with Gasteiger partial charge in [-0.25, -0.2) is 13.2 Å². The molecule has 0 bridgehead atoms. The van der Waals surface area contributed by atoms with E-state index in [0.29, 0.717) is 5.56 Å². The highest BCUT2D eigenvalue weighted by Crippen LogP contribution is 2.23. The Morgan fingerprint density at radius 2 is 1.80 bits per heavy atom. The summed E-state index contributed by atoms with van der Waals surface area (Å²) in [5.74, 6) is -1.96. The van der Waals surface area contributed by atoms with E-state index in [1.54, 1.807) is 0 Å². The Morgan fingerprint density at radius 1 is 1.05 bits per heavy atom. The van der Waals surface area contributed by atoms with Crippen LogP contribution < -0.4 is 4.74 Å². The van der Waals surface area contributed by atoms with Crippen LogP contribution in [0, 0.1) is 17.5 Å². The minimum absolute atomic E-state index is 0.00371. The monoisotopic (exact) mass is 282 g/mol. The van der Waals surface area contributed by atoms with E-state index >= 15 is 0 Å². The minimum atomic E-state index is -0.792. The van der Waals surface area contributed by atoms with E-state index in [0.717, 1.165) is 24.3 Å². The average Bonchev–Trinajstić information content (AvgIpc) is 2.40. The lowest BCUT2D eigenvalue weighted by atomic mass is 10.1. The first kappa shape index (κ1) is 14.4. The van der Waals surface area contributed by atoms with Gasteiger partial charge in [0, 0.05) is 5.56 Å². The summed E-state index contributed by atoms with van der Waals surface area (Å²) in [6.45, 7) is 1.23. The summed E-state index contributed by atoms with van der Waals surface area (Å²) >= 11 is 0. The molecule has 0 unspecified atom stereocenters. The molecule has 0 fully saturated rings. The van der Waals surface area contributed by atoms with Gasteiger partial charge in [-0.2, -0.15) is 0 Å². The Hall–Kier alpha value is -2.01. The first-order chi connectivity index (χ1) is 9.47. The van der Waals surface area contributed by atoms with Crippen molar-refractivity contribution in [3.8, 4) is 5.75 Å². The first-order valence-electron chi connectivity index (χ1n) is 6.01. The molecule has 5 heteroatoms. The van der Waals surface area contributed by atoms with Crippen LogP contribution in [0.1, 0.15) is 24.2 Å². The molecule has 2 rings (SSSR count). The van der Waals surface area contributed by atoms with Crippen molar-refractivity contribution in [3.63, 3.8) is 0 Å². The summed E-state index contributed by atoms with van der Waals surface area (Å²) in [6, 6.07) is 6.97. The first-order valence-corrected chi connectivity index (χ1v) is 6.01. The molecule has 0 heterocycles. The van der Waals surface area contributed by atoms with Gasteiger partial charge in [0.25, 0.3) is 0 Å². The molecule has 0 aromatic heterocycles. The van der Waals surface area contributed by atoms with Crippen molar-refractivity contribution in [3.05, 3.63) is 65.0 Å². The summed E-state index contributed by atoms with van der Waals surface area (Å²) in [4.78, 5) is 0. The highest BCUT2D eigenvalue weighted by Gasteiger charge is 2.10. The number of benzene rings is 2. The van der Waals surface area contributed by atoms with Gasteiger partial charge in [-0.3, -0.25) is 0 Å². The van der Waals surface area contributed by atoms with E-state index < -0.39 is 23.6 Å². The zero-order valence-corrected chi connectivity index (χ0v) is 10.7. The van der Waals surface area contributed by atoms with Crippen molar-refractivity contribution in [2.24, 2.45) is 0 Å². The molecule has 0 aliphatic rings. The van der Waals surface area contributed by atoms with Crippen LogP contribution in [0.2, 0.25) is 0 Å². The van der Waals surface area contributed by atoms with Gasteiger partial charge in [-0.15, -0.1) is 0 Å². The summed E-state index contributed by atoms with van der Waals surface area (Å²) in [6.07, 6.45) is -0.792. The second-order valence-corrected chi connectivity index (χ2v) is 4.39. The SMILES string of the molecule is C[C@H](O)c1ccc(OCc2cc(F)ccc2F)c(F)c1. The molecule has 1 N–H and O–H groups in total. The molecule has 2 aromatic rings. The quantitative estimate of drug-likeness (QED) is 0.925. The molecule has 0 spiro atoms. The number of halogens is 3. The molecule has 106 valence electrons. The van der Waals surface area contributed by atoms with Crippen molar-refractivity contribution in [2.45, 2.75) is 19.6 Å². The summed E-state index contributed by atoms with van der Waals surface area (Å²) in [5.41, 5.74) is 0.413. The standard InChI is InChI=1S/C15H13F3O2/c1-9(19)10-2-5-15(14(18)7-10)20-8-11-6-12(16)3-4-13(11)17/h2-7,9,19H,8H2,1H3/t9-/m0/s1. The Morgan fingerprint density at radius 3 is 2.45 bits per heavy atom. The molecule has 0 aliphatic carbocycles. The van der Waals surface area contributed by atoms with Gasteiger partial charge in [0.05, 0.1) is 6.10 Å². The highest BCUT2D eigenvalue weighted by atomic mass is 19.1. The van der Waals surface area contributed by atoms with Gasteiger partial charge in [-0.05, 0) is 42.8 Å². The predicted molar refractivity (Wildman–Crippen MR) is 67.7 cm³/mol. The van der Waals surface area contributed by atoms with Gasteiger partial charge in [0.1, 0.15) is 18.2 Å². The van der Waals surface area contributed by atoms with E-state index in [2.05, 4.69) is 0 Å². The minimum Gasteiger partial charge on any atom is -0.486 e. The molecule has 2 aromatic carbocycles. The molecular weight excluding hydrogens is 269 g/mol. The second-order valence-electron chi connectivity index (χ2n) is 4.39. The van der Waals surface area contributed by atoms with E-state index in [-0.39, 0.29) is 17.9 Å². The Kier molecular flexibility index (Phi) is 4.29. The molecule has 0 saturated heterocycles. The molecule has 0 radical (unpaired) electrons. The van der Waals surface area contributed by atoms with Gasteiger partial charge < -0.3 is 9.84 Å². The Bertz CT molecular complexity index is 612. The van der Waals surface area contributed by atoms with E-state index in [1.807, 2.05) is 0 Å². The molecular formula is C15H13F3O2. The van der Waals surface area contributed by atoms with Crippen molar-refractivity contribution in [2.75, 3.05) is 0 Å². The van der Waals surface area contributed by atoms with Crippen LogP contribution in [0.15, 0.2) is 36.4 Å². The number of hydrogen-bond donors (Lipinski definition) is 1. The molecule has 0 saturated carbocycles. The number of ether oxygens (including phenoxy) is 1. The van der Waals surface area contributed by atoms with E-state index in [9.17, 15) is 18.3 Å². The third-order valence-corrected chi connectivity index (χ3v) is 2.83. The summed E-state index contributed by atoms with van der Waals surface area (Å²) in [7, 11) is 0. The molecule has 1 atom stereocenters. The fourth-order valence-corrected chi connectivity index (χ4v) is 1.70. The van der Waals surface area contributed by atoms with Crippen LogP contribution in [0.5, 0.6) is 5.75 Å². The van der Waals surface area contributed by atoms with Crippen LogP contribution in [-0.2, 0) is 6.61 Å². The van der Waals surface area contributed by atoms with Crippen LogP contribution in [-0.4, -0.2) is 5.11 Å². The zero-order valence-electron chi connectivity index (χ0n) is 10.7. The van der Waals surface area contributed by atoms with Gasteiger partial charge in [0.15, 0.2) is 11.6 Å². The van der Waals surface area contributed by atoms with E-state index in [1.165, 1.54) is 19.1 Å². The molecule has 0 amide bonds. The predicted octanol–water partition coefficient (Wildman–Crippen LogP) is 3.74. The largest absolute Gasteiger partial charge is 0.486 e. The van der Waals surface area contributed by atoms with Crippen molar-refractivity contribution >= 4 is 0 Å².